The number of carbonyl (C=O) groups excluding carboxylic acids is 1. The highest BCUT2D eigenvalue weighted by molar-refractivity contribution is 5.96. The number of hydrogen-bond donors (Lipinski definition) is 1. The Balaban J connectivity index is 1.28. The SMILES string of the molecule is CCCc1ccc(N)c(C#N)c1C1CCCc2c(-c3nc(-n4cc5c(n4)C(=O)N(C)C5)c4cnn(CC5CCCN5C)c4n3)noc21. The molecule has 6 heterocycles. The minimum absolute atomic E-state index is 0.110. The van der Waals surface area contributed by atoms with Crippen LogP contribution in [0.3, 0.4) is 0 Å². The van der Waals surface area contributed by atoms with E-state index in [2.05, 4.69) is 35.2 Å². The van der Waals surface area contributed by atoms with Gasteiger partial charge in [0.2, 0.25) is 0 Å². The van der Waals surface area contributed by atoms with Crippen molar-refractivity contribution in [3.05, 3.63) is 63.8 Å². The number of nitrogen functional groups attached to an aromatic ring is 1. The van der Waals surface area contributed by atoms with Gasteiger partial charge in [-0.3, -0.25) is 4.79 Å². The number of amides is 1. The van der Waals surface area contributed by atoms with Gasteiger partial charge in [0.1, 0.15) is 11.8 Å². The monoisotopic (exact) mass is 631 g/mol. The number of aryl methyl sites for hydroxylation is 1. The van der Waals surface area contributed by atoms with Gasteiger partial charge in [-0.2, -0.15) is 15.5 Å². The van der Waals surface area contributed by atoms with Crippen molar-refractivity contribution in [2.75, 3.05) is 26.4 Å². The van der Waals surface area contributed by atoms with Crippen LogP contribution >= 0.6 is 0 Å². The topological polar surface area (TPSA) is 161 Å². The third-order valence-corrected chi connectivity index (χ3v) is 10.1. The standard InChI is InChI=1S/C34H37N11O2/c1-4-7-19-11-12-26(36)24(14-35)27(19)22-9-5-10-23-29(41-47-30(22)23)31-38-32-25(15-37-44(32)18-21-8-6-13-42(21)2)33(39-31)45-17-20-16-43(3)34(46)28(20)40-45/h11-12,15,17,21-22H,4-10,13,16,18,36H2,1-3H3. The highest BCUT2D eigenvalue weighted by Gasteiger charge is 2.35. The minimum atomic E-state index is -0.150. The van der Waals surface area contributed by atoms with Crippen LogP contribution in [0.25, 0.3) is 28.4 Å². The number of fused-ring (bicyclic) bond motifs is 3. The molecule has 8 rings (SSSR count). The van der Waals surface area contributed by atoms with Gasteiger partial charge >= 0.3 is 0 Å². The molecule has 1 saturated heterocycles. The van der Waals surface area contributed by atoms with Crippen LogP contribution < -0.4 is 5.73 Å². The van der Waals surface area contributed by atoms with Crippen LogP contribution in [0.2, 0.25) is 0 Å². The summed E-state index contributed by atoms with van der Waals surface area (Å²) in [6.07, 6.45) is 10.2. The van der Waals surface area contributed by atoms with E-state index in [0.29, 0.717) is 59.1 Å². The number of hydrogen-bond acceptors (Lipinski definition) is 10. The second-order valence-corrected chi connectivity index (χ2v) is 13.1. The summed E-state index contributed by atoms with van der Waals surface area (Å²) in [4.78, 5) is 26.9. The number of aromatic nitrogens is 7. The molecule has 1 aromatic carbocycles. The quantitative estimate of drug-likeness (QED) is 0.258. The molecule has 0 bridgehead atoms. The molecular weight excluding hydrogens is 594 g/mol. The van der Waals surface area contributed by atoms with Gasteiger partial charge in [0.25, 0.3) is 5.91 Å². The van der Waals surface area contributed by atoms with Gasteiger partial charge in [0.05, 0.1) is 23.7 Å². The van der Waals surface area contributed by atoms with Gasteiger partial charge in [-0.05, 0) is 69.3 Å². The van der Waals surface area contributed by atoms with Crippen LogP contribution in [0.15, 0.2) is 29.0 Å². The Morgan fingerprint density at radius 1 is 1.15 bits per heavy atom. The molecule has 2 unspecified atom stereocenters. The molecule has 47 heavy (non-hydrogen) atoms. The molecule has 0 radical (unpaired) electrons. The maximum absolute atomic E-state index is 12.8. The molecule has 0 saturated carbocycles. The van der Waals surface area contributed by atoms with E-state index in [4.69, 9.17) is 25.3 Å². The van der Waals surface area contributed by atoms with Crippen LogP contribution in [0.1, 0.15) is 89.0 Å². The summed E-state index contributed by atoms with van der Waals surface area (Å²) in [5, 5.41) is 25.0. The zero-order valence-electron chi connectivity index (χ0n) is 26.9. The molecular formula is C34H37N11O2. The molecule has 2 N–H and O–H groups in total. The molecule has 240 valence electrons. The predicted molar refractivity (Wildman–Crippen MR) is 174 cm³/mol. The highest BCUT2D eigenvalue weighted by Crippen LogP contribution is 2.44. The number of benzene rings is 1. The fourth-order valence-electron chi connectivity index (χ4n) is 7.68. The molecule has 0 spiro atoms. The maximum atomic E-state index is 12.8. The van der Waals surface area contributed by atoms with Gasteiger partial charge in [-0.15, -0.1) is 0 Å². The van der Waals surface area contributed by atoms with Crippen molar-refractivity contribution >= 4 is 22.6 Å². The summed E-state index contributed by atoms with van der Waals surface area (Å²) in [7, 11) is 3.92. The van der Waals surface area contributed by atoms with Crippen LogP contribution in [-0.2, 0) is 25.9 Å². The molecule has 13 heteroatoms. The summed E-state index contributed by atoms with van der Waals surface area (Å²) in [6, 6.07) is 6.59. The van der Waals surface area contributed by atoms with E-state index in [0.717, 1.165) is 84.9 Å². The Hall–Kier alpha value is -5.09. The lowest BCUT2D eigenvalue weighted by Crippen LogP contribution is -2.29. The van der Waals surface area contributed by atoms with Gasteiger partial charge in [0.15, 0.2) is 28.7 Å². The fraction of sp³-hybridized carbons (Fsp3) is 0.441. The average molecular weight is 632 g/mol. The first-order valence-corrected chi connectivity index (χ1v) is 16.4. The summed E-state index contributed by atoms with van der Waals surface area (Å²) < 4.78 is 9.79. The normalized spacial score (nSPS) is 19.4. The molecule has 2 atom stereocenters. The van der Waals surface area contributed by atoms with E-state index >= 15 is 0 Å². The first-order chi connectivity index (χ1) is 22.9. The average Bonchev–Trinajstić information content (AvgIpc) is 3.90. The number of nitrogens with zero attached hydrogens (tertiary/aromatic N) is 10. The molecule has 1 fully saturated rings. The molecule has 1 aliphatic carbocycles. The van der Waals surface area contributed by atoms with E-state index in [9.17, 15) is 10.1 Å². The lowest BCUT2D eigenvalue weighted by Gasteiger charge is -2.25. The van der Waals surface area contributed by atoms with Gasteiger partial charge in [-0.25, -0.2) is 19.3 Å². The first-order valence-electron chi connectivity index (χ1n) is 16.4. The minimum Gasteiger partial charge on any atom is -0.398 e. The van der Waals surface area contributed by atoms with Gasteiger partial charge in [-0.1, -0.05) is 24.6 Å². The number of likely N-dealkylation sites (tertiary alicyclic amines) is 1. The van der Waals surface area contributed by atoms with E-state index in [-0.39, 0.29) is 11.8 Å². The number of anilines is 1. The van der Waals surface area contributed by atoms with Crippen molar-refractivity contribution in [3.8, 4) is 23.4 Å². The summed E-state index contributed by atoms with van der Waals surface area (Å²) >= 11 is 0. The van der Waals surface area contributed by atoms with Crippen molar-refractivity contribution in [1.82, 2.24) is 44.5 Å². The summed E-state index contributed by atoms with van der Waals surface area (Å²) in [5.74, 6) is 1.44. The predicted octanol–water partition coefficient (Wildman–Crippen LogP) is 4.22. The Kier molecular flexibility index (Phi) is 7.05. The number of carbonyl (C=O) groups is 1. The fourth-order valence-corrected chi connectivity index (χ4v) is 7.68. The van der Waals surface area contributed by atoms with Crippen molar-refractivity contribution in [3.63, 3.8) is 0 Å². The number of nitriles is 1. The number of rotatable bonds is 7. The van der Waals surface area contributed by atoms with Crippen molar-refractivity contribution in [1.29, 1.82) is 5.26 Å². The van der Waals surface area contributed by atoms with Gasteiger partial charge in [0, 0.05) is 48.6 Å². The molecule has 3 aliphatic rings. The zero-order chi connectivity index (χ0) is 32.4. The van der Waals surface area contributed by atoms with Crippen molar-refractivity contribution in [2.24, 2.45) is 0 Å². The molecule has 2 aliphatic heterocycles. The van der Waals surface area contributed by atoms with E-state index in [1.807, 2.05) is 23.0 Å². The Labute approximate surface area is 272 Å². The third kappa shape index (κ3) is 4.69. The highest BCUT2D eigenvalue weighted by atomic mass is 16.5. The van der Waals surface area contributed by atoms with Crippen LogP contribution in [0.5, 0.6) is 0 Å². The van der Waals surface area contributed by atoms with Crippen molar-refractivity contribution in [2.45, 2.75) is 76.9 Å². The largest absolute Gasteiger partial charge is 0.398 e. The smallest absolute Gasteiger partial charge is 0.274 e. The third-order valence-electron chi connectivity index (χ3n) is 10.1. The molecule has 1 amide bonds. The van der Waals surface area contributed by atoms with Crippen LogP contribution in [-0.4, -0.2) is 77.1 Å². The zero-order valence-corrected chi connectivity index (χ0v) is 26.9. The molecule has 5 aromatic rings. The van der Waals surface area contributed by atoms with Crippen LogP contribution in [0, 0.1) is 11.3 Å². The van der Waals surface area contributed by atoms with Gasteiger partial charge < -0.3 is 20.1 Å². The Morgan fingerprint density at radius 3 is 2.79 bits per heavy atom. The number of likely N-dealkylation sites (N-methyl/N-ethyl adjacent to an activating group) is 1. The lowest BCUT2D eigenvalue weighted by molar-refractivity contribution is 0.0810. The Bertz CT molecular complexity index is 2080. The van der Waals surface area contributed by atoms with Crippen molar-refractivity contribution < 1.29 is 9.32 Å². The van der Waals surface area contributed by atoms with Crippen LogP contribution in [0.4, 0.5) is 5.69 Å². The molecule has 13 nitrogen and oxygen atoms in total. The first kappa shape index (κ1) is 29.3. The lowest BCUT2D eigenvalue weighted by atomic mass is 9.78. The van der Waals surface area contributed by atoms with E-state index in [1.165, 1.54) is 0 Å². The maximum Gasteiger partial charge on any atom is 0.274 e. The van der Waals surface area contributed by atoms with E-state index < -0.39 is 0 Å². The second-order valence-electron chi connectivity index (χ2n) is 13.1. The summed E-state index contributed by atoms with van der Waals surface area (Å²) in [6.45, 7) is 4.38. The Morgan fingerprint density at radius 2 is 2.02 bits per heavy atom. The molecule has 4 aromatic heterocycles. The summed E-state index contributed by atoms with van der Waals surface area (Å²) in [5.41, 5.74) is 12.9. The number of nitrogens with two attached hydrogens (primary N) is 1. The second kappa shape index (κ2) is 11.3. The van der Waals surface area contributed by atoms with E-state index in [1.54, 1.807) is 22.8 Å².